The number of rotatable bonds is 7. The second-order valence-electron chi connectivity index (χ2n) is 6.76. The summed E-state index contributed by atoms with van der Waals surface area (Å²) in [7, 11) is -4.16. The largest absolute Gasteiger partial charge is 0.457 e. The van der Waals surface area contributed by atoms with Gasteiger partial charge in [0, 0.05) is 13.2 Å². The number of esters is 1. The van der Waals surface area contributed by atoms with Gasteiger partial charge < -0.3 is 9.47 Å². The summed E-state index contributed by atoms with van der Waals surface area (Å²) in [5.41, 5.74) is -1.73. The van der Waals surface area contributed by atoms with Crippen LogP contribution in [0.2, 0.25) is 5.02 Å². The Balaban J connectivity index is 1.77. The smallest absolute Gasteiger partial charge is 0.338 e. The summed E-state index contributed by atoms with van der Waals surface area (Å²) in [5.74, 6) is -12.3. The Morgan fingerprint density at radius 3 is 2.31 bits per heavy atom. The number of carbonyl (C=O) groups is 1. The number of sulfonamides is 1. The van der Waals surface area contributed by atoms with Crippen LogP contribution in [-0.2, 0) is 26.1 Å². The lowest BCUT2D eigenvalue weighted by atomic mass is 10.1. The molecular weight excluding hydrogens is 485 g/mol. The van der Waals surface area contributed by atoms with Gasteiger partial charge in [0.05, 0.1) is 22.3 Å². The van der Waals surface area contributed by atoms with Crippen molar-refractivity contribution >= 4 is 27.6 Å². The topological polar surface area (TPSA) is 81.7 Å². The highest BCUT2D eigenvalue weighted by Crippen LogP contribution is 2.26. The van der Waals surface area contributed by atoms with E-state index in [-0.39, 0.29) is 23.2 Å². The summed E-state index contributed by atoms with van der Waals surface area (Å²) in [6.45, 7) is -0.794. The zero-order valence-electron chi connectivity index (χ0n) is 16.1. The first kappa shape index (κ1) is 24.4. The average molecular weight is 500 g/mol. The first-order valence-corrected chi connectivity index (χ1v) is 11.0. The van der Waals surface area contributed by atoms with E-state index in [1.165, 1.54) is 0 Å². The molecule has 1 unspecified atom stereocenters. The number of halogens is 6. The first-order chi connectivity index (χ1) is 15.0. The molecule has 2 aromatic carbocycles. The highest BCUT2D eigenvalue weighted by molar-refractivity contribution is 7.89. The Kier molecular flexibility index (Phi) is 7.38. The molecule has 0 aliphatic carbocycles. The minimum absolute atomic E-state index is 0.0203. The Morgan fingerprint density at radius 1 is 1.09 bits per heavy atom. The summed E-state index contributed by atoms with van der Waals surface area (Å²) >= 11 is 5.92. The molecule has 1 fully saturated rings. The average Bonchev–Trinajstić information content (AvgIpc) is 3.29. The molecule has 3 rings (SSSR count). The monoisotopic (exact) mass is 499 g/mol. The molecule has 13 heteroatoms. The molecule has 0 saturated carbocycles. The van der Waals surface area contributed by atoms with Crippen molar-refractivity contribution in [3.05, 3.63) is 63.4 Å². The number of benzene rings is 2. The van der Waals surface area contributed by atoms with Gasteiger partial charge in [0.2, 0.25) is 15.8 Å². The third kappa shape index (κ3) is 5.03. The number of carbonyl (C=O) groups excluding carboxylic acids is 1. The highest BCUT2D eigenvalue weighted by atomic mass is 35.5. The standard InChI is InChI=1S/C19H15ClF5NO5S/c20-12-4-3-9(6-13(12)32(28,29)26-7-10-2-1-5-30-10)19(27)31-8-11-14(21)16(23)18(25)17(24)15(11)22/h3-4,6,10,26H,1-2,5,7-8H2. The van der Waals surface area contributed by atoms with E-state index in [0.717, 1.165) is 24.6 Å². The SMILES string of the molecule is O=C(OCc1c(F)c(F)c(F)c(F)c1F)c1ccc(Cl)c(S(=O)(=O)NCC2CCCO2)c1. The van der Waals surface area contributed by atoms with E-state index in [1.807, 2.05) is 0 Å². The third-order valence-electron chi connectivity index (χ3n) is 4.63. The van der Waals surface area contributed by atoms with Crippen LogP contribution in [0.5, 0.6) is 0 Å². The van der Waals surface area contributed by atoms with E-state index in [9.17, 15) is 35.2 Å². The molecular formula is C19H15ClF5NO5S. The molecule has 2 aromatic rings. The van der Waals surface area contributed by atoms with Crippen LogP contribution in [0, 0.1) is 29.1 Å². The molecule has 1 aliphatic rings. The third-order valence-corrected chi connectivity index (χ3v) is 6.53. The van der Waals surface area contributed by atoms with Crippen LogP contribution >= 0.6 is 11.6 Å². The highest BCUT2D eigenvalue weighted by Gasteiger charge is 2.27. The molecule has 6 nitrogen and oxygen atoms in total. The van der Waals surface area contributed by atoms with Gasteiger partial charge in [0.1, 0.15) is 11.5 Å². The Labute approximate surface area is 184 Å². The van der Waals surface area contributed by atoms with Crippen LogP contribution in [0.3, 0.4) is 0 Å². The number of hydrogen-bond acceptors (Lipinski definition) is 5. The van der Waals surface area contributed by atoms with Crippen molar-refractivity contribution in [1.29, 1.82) is 0 Å². The van der Waals surface area contributed by atoms with Crippen LogP contribution in [0.4, 0.5) is 22.0 Å². The van der Waals surface area contributed by atoms with Gasteiger partial charge in [-0.3, -0.25) is 0 Å². The van der Waals surface area contributed by atoms with E-state index in [2.05, 4.69) is 9.46 Å². The van der Waals surface area contributed by atoms with E-state index < -0.39 is 62.1 Å². The minimum Gasteiger partial charge on any atom is -0.457 e. The Morgan fingerprint density at radius 2 is 1.72 bits per heavy atom. The van der Waals surface area contributed by atoms with Gasteiger partial charge in [-0.05, 0) is 31.0 Å². The summed E-state index contributed by atoms with van der Waals surface area (Å²) in [5, 5.41) is -0.221. The molecule has 1 heterocycles. The van der Waals surface area contributed by atoms with E-state index in [4.69, 9.17) is 16.3 Å². The summed E-state index contributed by atoms with van der Waals surface area (Å²) in [6, 6.07) is 3.01. The molecule has 1 aliphatic heterocycles. The molecule has 0 spiro atoms. The quantitative estimate of drug-likeness (QED) is 0.271. The van der Waals surface area contributed by atoms with Gasteiger partial charge >= 0.3 is 5.97 Å². The fraction of sp³-hybridized carbons (Fsp3) is 0.316. The van der Waals surface area contributed by atoms with Crippen molar-refractivity contribution in [2.45, 2.75) is 30.4 Å². The van der Waals surface area contributed by atoms with Crippen LogP contribution in [-0.4, -0.2) is 33.6 Å². The lowest BCUT2D eigenvalue weighted by Crippen LogP contribution is -2.32. The maximum absolute atomic E-state index is 13.7. The predicted octanol–water partition coefficient (Wildman–Crippen LogP) is 3.85. The fourth-order valence-electron chi connectivity index (χ4n) is 2.92. The lowest BCUT2D eigenvalue weighted by molar-refractivity contribution is 0.0461. The predicted molar refractivity (Wildman–Crippen MR) is 101 cm³/mol. The second kappa shape index (κ2) is 9.69. The van der Waals surface area contributed by atoms with Crippen molar-refractivity contribution in [3.8, 4) is 0 Å². The van der Waals surface area contributed by atoms with Gasteiger partial charge in [-0.2, -0.15) is 0 Å². The van der Waals surface area contributed by atoms with Crippen LogP contribution < -0.4 is 4.72 Å². The molecule has 0 bridgehead atoms. The summed E-state index contributed by atoms with van der Waals surface area (Å²) < 4.78 is 104. The number of ether oxygens (including phenoxy) is 2. The normalized spacial score (nSPS) is 16.4. The maximum Gasteiger partial charge on any atom is 0.338 e. The van der Waals surface area contributed by atoms with Crippen molar-refractivity contribution in [2.75, 3.05) is 13.2 Å². The van der Waals surface area contributed by atoms with Crippen molar-refractivity contribution < 1.29 is 44.6 Å². The Bertz CT molecular complexity index is 1130. The number of hydrogen-bond donors (Lipinski definition) is 1. The van der Waals surface area contributed by atoms with Crippen molar-refractivity contribution in [3.63, 3.8) is 0 Å². The summed E-state index contributed by atoms with van der Waals surface area (Å²) in [4.78, 5) is 11.8. The molecule has 174 valence electrons. The van der Waals surface area contributed by atoms with Gasteiger partial charge in [-0.25, -0.2) is 39.9 Å². The summed E-state index contributed by atoms with van der Waals surface area (Å²) in [6.07, 6.45) is 1.15. The van der Waals surface area contributed by atoms with Crippen LogP contribution in [0.25, 0.3) is 0 Å². The van der Waals surface area contributed by atoms with Crippen LogP contribution in [0.15, 0.2) is 23.1 Å². The zero-order valence-corrected chi connectivity index (χ0v) is 17.6. The Hall–Kier alpha value is -2.28. The molecule has 0 amide bonds. The molecule has 0 aromatic heterocycles. The second-order valence-corrected chi connectivity index (χ2v) is 8.90. The maximum atomic E-state index is 13.7. The van der Waals surface area contributed by atoms with Gasteiger partial charge in [-0.1, -0.05) is 11.6 Å². The lowest BCUT2D eigenvalue weighted by Gasteiger charge is -2.13. The van der Waals surface area contributed by atoms with Crippen molar-refractivity contribution in [1.82, 2.24) is 4.72 Å². The van der Waals surface area contributed by atoms with Gasteiger partial charge in [0.25, 0.3) is 0 Å². The number of nitrogens with one attached hydrogen (secondary N) is 1. The van der Waals surface area contributed by atoms with Crippen LogP contribution in [0.1, 0.15) is 28.8 Å². The molecule has 1 N–H and O–H groups in total. The zero-order chi connectivity index (χ0) is 23.6. The molecule has 1 atom stereocenters. The first-order valence-electron chi connectivity index (χ1n) is 9.11. The van der Waals surface area contributed by atoms with E-state index in [1.54, 1.807) is 0 Å². The van der Waals surface area contributed by atoms with E-state index >= 15 is 0 Å². The van der Waals surface area contributed by atoms with Gasteiger partial charge in [-0.15, -0.1) is 0 Å². The molecule has 0 radical (unpaired) electrons. The van der Waals surface area contributed by atoms with E-state index in [0.29, 0.717) is 13.0 Å². The minimum atomic E-state index is -4.16. The van der Waals surface area contributed by atoms with Gasteiger partial charge in [0.15, 0.2) is 23.3 Å². The molecule has 1 saturated heterocycles. The van der Waals surface area contributed by atoms with Crippen molar-refractivity contribution in [2.24, 2.45) is 0 Å². The molecule has 32 heavy (non-hydrogen) atoms. The fourth-order valence-corrected chi connectivity index (χ4v) is 4.51.